The molecule has 1 aliphatic rings. The zero-order valence-corrected chi connectivity index (χ0v) is 17.3. The molecule has 0 aliphatic carbocycles. The number of nitro benzene ring substituents is 1. The van der Waals surface area contributed by atoms with Crippen LogP contribution in [0.1, 0.15) is 5.56 Å². The number of rotatable bonds is 6. The Morgan fingerprint density at radius 2 is 1.64 bits per heavy atom. The first-order valence-electron chi connectivity index (χ1n) is 8.68. The van der Waals surface area contributed by atoms with Crippen LogP contribution in [0.4, 0.5) is 5.69 Å². The fourth-order valence-electron chi connectivity index (χ4n) is 3.08. The lowest BCUT2D eigenvalue weighted by molar-refractivity contribution is -0.384. The van der Waals surface area contributed by atoms with Gasteiger partial charge in [0.05, 0.1) is 9.95 Å². The van der Waals surface area contributed by atoms with E-state index in [9.17, 15) is 18.5 Å². The van der Waals surface area contributed by atoms with Gasteiger partial charge in [-0.2, -0.15) is 4.31 Å². The molecule has 0 saturated carbocycles. The smallest absolute Gasteiger partial charge is 0.269 e. The summed E-state index contributed by atoms with van der Waals surface area (Å²) < 4.78 is 27.1. The molecule has 0 amide bonds. The van der Waals surface area contributed by atoms with Gasteiger partial charge in [-0.25, -0.2) is 8.42 Å². The number of benzene rings is 2. The molecule has 0 spiro atoms. The topological polar surface area (TPSA) is 83.8 Å². The van der Waals surface area contributed by atoms with Gasteiger partial charge < -0.3 is 4.90 Å². The molecular formula is C18H19Cl2N3O4S. The third-order valence-electron chi connectivity index (χ3n) is 4.71. The number of piperazine rings is 1. The van der Waals surface area contributed by atoms with E-state index in [4.69, 9.17) is 23.2 Å². The minimum atomic E-state index is -3.69. The molecule has 1 heterocycles. The van der Waals surface area contributed by atoms with Crippen LogP contribution in [0.3, 0.4) is 0 Å². The molecule has 0 aromatic heterocycles. The SMILES string of the molecule is O=[N+]([O-])c1ccc(CCN2CCN(S(=O)(=O)c3cc(Cl)ccc3Cl)CC2)cc1. The summed E-state index contributed by atoms with van der Waals surface area (Å²) in [5.41, 5.74) is 1.08. The third kappa shape index (κ3) is 4.82. The second-order valence-electron chi connectivity index (χ2n) is 6.49. The van der Waals surface area contributed by atoms with Crippen LogP contribution >= 0.6 is 23.2 Å². The monoisotopic (exact) mass is 443 g/mol. The zero-order valence-electron chi connectivity index (χ0n) is 14.9. The highest BCUT2D eigenvalue weighted by molar-refractivity contribution is 7.89. The summed E-state index contributed by atoms with van der Waals surface area (Å²) in [6.07, 6.45) is 0.741. The molecule has 0 atom stereocenters. The van der Waals surface area contributed by atoms with E-state index < -0.39 is 14.9 Å². The number of halogens is 2. The molecule has 0 radical (unpaired) electrons. The highest BCUT2D eigenvalue weighted by atomic mass is 35.5. The summed E-state index contributed by atoms with van der Waals surface area (Å²) in [6, 6.07) is 10.9. The summed E-state index contributed by atoms with van der Waals surface area (Å²) in [4.78, 5) is 12.5. The molecule has 0 unspecified atom stereocenters. The first-order valence-corrected chi connectivity index (χ1v) is 10.9. The molecule has 2 aromatic rings. The standard InChI is InChI=1S/C18H19Cl2N3O4S/c19-15-3-6-17(20)18(13-15)28(26,27)22-11-9-21(10-12-22)8-7-14-1-4-16(5-2-14)23(24)25/h1-6,13H,7-12H2. The van der Waals surface area contributed by atoms with Crippen molar-refractivity contribution < 1.29 is 13.3 Å². The molecule has 2 aromatic carbocycles. The van der Waals surface area contributed by atoms with E-state index in [-0.39, 0.29) is 15.6 Å². The van der Waals surface area contributed by atoms with E-state index in [0.717, 1.165) is 18.5 Å². The van der Waals surface area contributed by atoms with Gasteiger partial charge in [-0.1, -0.05) is 35.3 Å². The average Bonchev–Trinajstić information content (AvgIpc) is 2.68. The van der Waals surface area contributed by atoms with Gasteiger partial charge in [0.1, 0.15) is 4.90 Å². The highest BCUT2D eigenvalue weighted by Crippen LogP contribution is 2.28. The number of nitrogens with zero attached hydrogens (tertiary/aromatic N) is 3. The Balaban J connectivity index is 1.56. The number of hydrogen-bond acceptors (Lipinski definition) is 5. The van der Waals surface area contributed by atoms with Crippen molar-refractivity contribution in [2.75, 3.05) is 32.7 Å². The van der Waals surface area contributed by atoms with E-state index in [0.29, 0.717) is 31.2 Å². The molecule has 1 aliphatic heterocycles. The number of nitro groups is 1. The van der Waals surface area contributed by atoms with E-state index in [1.165, 1.54) is 28.6 Å². The van der Waals surface area contributed by atoms with Gasteiger partial charge in [-0.3, -0.25) is 10.1 Å². The Labute approximate surface area is 173 Å². The first kappa shape index (κ1) is 21.0. The van der Waals surface area contributed by atoms with Crippen molar-refractivity contribution in [3.05, 3.63) is 68.2 Å². The normalized spacial score (nSPS) is 16.2. The van der Waals surface area contributed by atoms with Gasteiger partial charge in [0.15, 0.2) is 0 Å². The Morgan fingerprint density at radius 1 is 1.00 bits per heavy atom. The lowest BCUT2D eigenvalue weighted by Crippen LogP contribution is -2.49. The van der Waals surface area contributed by atoms with Crippen molar-refractivity contribution in [2.24, 2.45) is 0 Å². The minimum absolute atomic E-state index is 0.0287. The number of sulfonamides is 1. The van der Waals surface area contributed by atoms with Crippen LogP contribution in [0, 0.1) is 10.1 Å². The van der Waals surface area contributed by atoms with Crippen molar-refractivity contribution in [1.82, 2.24) is 9.21 Å². The fourth-order valence-corrected chi connectivity index (χ4v) is 5.24. The van der Waals surface area contributed by atoms with Gasteiger partial charge in [0.2, 0.25) is 10.0 Å². The van der Waals surface area contributed by atoms with Crippen molar-refractivity contribution in [1.29, 1.82) is 0 Å². The van der Waals surface area contributed by atoms with E-state index >= 15 is 0 Å². The Kier molecular flexibility index (Phi) is 6.57. The van der Waals surface area contributed by atoms with Crippen LogP contribution in [0.15, 0.2) is 47.4 Å². The van der Waals surface area contributed by atoms with Gasteiger partial charge in [-0.15, -0.1) is 0 Å². The zero-order chi connectivity index (χ0) is 20.3. The van der Waals surface area contributed by atoms with Crippen LogP contribution in [0.25, 0.3) is 0 Å². The molecule has 1 saturated heterocycles. The van der Waals surface area contributed by atoms with Crippen LogP contribution in [-0.2, 0) is 16.4 Å². The molecule has 0 bridgehead atoms. The summed E-state index contributed by atoms with van der Waals surface area (Å²) in [5, 5.41) is 11.2. The highest BCUT2D eigenvalue weighted by Gasteiger charge is 2.30. The molecular weight excluding hydrogens is 425 g/mol. The second kappa shape index (κ2) is 8.75. The van der Waals surface area contributed by atoms with Crippen molar-refractivity contribution in [3.8, 4) is 0 Å². The Hall–Kier alpha value is -1.71. The lowest BCUT2D eigenvalue weighted by Gasteiger charge is -2.34. The Bertz CT molecular complexity index is 959. The van der Waals surface area contributed by atoms with Gasteiger partial charge in [0, 0.05) is 49.9 Å². The fraction of sp³-hybridized carbons (Fsp3) is 0.333. The Morgan fingerprint density at radius 3 is 2.25 bits per heavy atom. The van der Waals surface area contributed by atoms with Crippen LogP contribution in [0.2, 0.25) is 10.0 Å². The minimum Gasteiger partial charge on any atom is -0.300 e. The molecule has 0 N–H and O–H groups in total. The predicted molar refractivity (Wildman–Crippen MR) is 108 cm³/mol. The van der Waals surface area contributed by atoms with Gasteiger partial charge in [-0.05, 0) is 30.2 Å². The maximum absolute atomic E-state index is 12.8. The molecule has 7 nitrogen and oxygen atoms in total. The number of non-ortho nitro benzene ring substituents is 1. The van der Waals surface area contributed by atoms with Crippen molar-refractivity contribution >= 4 is 38.9 Å². The first-order chi connectivity index (χ1) is 13.3. The molecule has 1 fully saturated rings. The van der Waals surface area contributed by atoms with Crippen LogP contribution in [-0.4, -0.2) is 55.3 Å². The molecule has 10 heteroatoms. The summed E-state index contributed by atoms with van der Waals surface area (Å²) in [6.45, 7) is 2.69. The van der Waals surface area contributed by atoms with Gasteiger partial charge in [0.25, 0.3) is 5.69 Å². The van der Waals surface area contributed by atoms with Gasteiger partial charge >= 0.3 is 0 Å². The maximum Gasteiger partial charge on any atom is 0.269 e. The van der Waals surface area contributed by atoms with E-state index in [1.54, 1.807) is 18.2 Å². The van der Waals surface area contributed by atoms with Crippen LogP contribution < -0.4 is 0 Å². The largest absolute Gasteiger partial charge is 0.300 e. The molecule has 3 rings (SSSR count). The van der Waals surface area contributed by atoms with Crippen LogP contribution in [0.5, 0.6) is 0 Å². The van der Waals surface area contributed by atoms with E-state index in [2.05, 4.69) is 4.90 Å². The summed E-state index contributed by atoms with van der Waals surface area (Å²) in [5.74, 6) is 0. The van der Waals surface area contributed by atoms with Crippen molar-refractivity contribution in [3.63, 3.8) is 0 Å². The predicted octanol–water partition coefficient (Wildman–Crippen LogP) is 3.45. The third-order valence-corrected chi connectivity index (χ3v) is 7.32. The quantitative estimate of drug-likeness (QED) is 0.504. The summed E-state index contributed by atoms with van der Waals surface area (Å²) in [7, 11) is -3.69. The summed E-state index contributed by atoms with van der Waals surface area (Å²) >= 11 is 12.0. The number of hydrogen-bond donors (Lipinski definition) is 0. The molecule has 28 heavy (non-hydrogen) atoms. The maximum atomic E-state index is 12.8. The lowest BCUT2D eigenvalue weighted by atomic mass is 10.1. The van der Waals surface area contributed by atoms with E-state index in [1.807, 2.05) is 0 Å². The van der Waals surface area contributed by atoms with Crippen molar-refractivity contribution in [2.45, 2.75) is 11.3 Å². The molecule has 150 valence electrons. The second-order valence-corrected chi connectivity index (χ2v) is 9.24. The average molecular weight is 444 g/mol.